The van der Waals surface area contributed by atoms with Crippen LogP contribution in [-0.4, -0.2) is 50.9 Å². The van der Waals surface area contributed by atoms with E-state index in [1.54, 1.807) is 0 Å². The molecule has 0 bridgehead atoms. The van der Waals surface area contributed by atoms with Gasteiger partial charge in [-0.3, -0.25) is 23.7 Å². The fourth-order valence-electron chi connectivity index (χ4n) is 5.54. The van der Waals surface area contributed by atoms with Crippen LogP contribution in [0.2, 0.25) is 0 Å². The second-order valence-electron chi connectivity index (χ2n) is 9.52. The predicted octanol–water partition coefficient (Wildman–Crippen LogP) is 3.16. The van der Waals surface area contributed by atoms with Crippen molar-refractivity contribution in [1.82, 2.24) is 14.0 Å². The minimum absolute atomic E-state index is 0.0694. The van der Waals surface area contributed by atoms with Crippen LogP contribution < -0.4 is 11.2 Å². The number of rotatable bonds is 7. The molecule has 2 saturated carbocycles. The van der Waals surface area contributed by atoms with Gasteiger partial charge in [0.05, 0.1) is 0 Å². The van der Waals surface area contributed by atoms with Crippen LogP contribution in [0.25, 0.3) is 0 Å². The van der Waals surface area contributed by atoms with Crippen LogP contribution in [0.4, 0.5) is 0 Å². The van der Waals surface area contributed by atoms with Gasteiger partial charge < -0.3 is 10.0 Å². The van der Waals surface area contributed by atoms with E-state index in [-0.39, 0.29) is 35.1 Å². The molecule has 1 aromatic rings. The second kappa shape index (κ2) is 10.5. The molecule has 0 aromatic carbocycles. The number of hydrogen-bond acceptors (Lipinski definition) is 5. The molecule has 2 aliphatic carbocycles. The summed E-state index contributed by atoms with van der Waals surface area (Å²) in [6.07, 6.45) is 13.4. The van der Waals surface area contributed by atoms with Crippen LogP contribution in [0.5, 0.6) is 5.88 Å². The van der Waals surface area contributed by atoms with Gasteiger partial charge in [-0.15, -0.1) is 0 Å². The summed E-state index contributed by atoms with van der Waals surface area (Å²) in [5.41, 5.74) is -0.668. The van der Waals surface area contributed by atoms with Gasteiger partial charge in [0.2, 0.25) is 11.8 Å². The quantitative estimate of drug-likeness (QED) is 0.516. The molecular weight excluding hydrogens is 408 g/mol. The monoisotopic (exact) mass is 444 g/mol. The molecule has 3 fully saturated rings. The molecule has 1 N–H and O–H groups in total. The van der Waals surface area contributed by atoms with Crippen molar-refractivity contribution in [2.45, 2.75) is 95.6 Å². The van der Waals surface area contributed by atoms with Gasteiger partial charge in [0.25, 0.3) is 5.56 Å². The van der Waals surface area contributed by atoms with Crippen molar-refractivity contribution in [3.63, 3.8) is 0 Å². The van der Waals surface area contributed by atoms with Gasteiger partial charge in [0, 0.05) is 44.4 Å². The Hall–Kier alpha value is -2.38. The van der Waals surface area contributed by atoms with Crippen LogP contribution >= 0.6 is 0 Å². The second-order valence-corrected chi connectivity index (χ2v) is 9.52. The fraction of sp³-hybridized carbons (Fsp3) is 0.750. The number of aromatic nitrogens is 2. The Morgan fingerprint density at radius 2 is 1.50 bits per heavy atom. The first-order valence-corrected chi connectivity index (χ1v) is 12.5. The summed E-state index contributed by atoms with van der Waals surface area (Å²) in [6.45, 7) is 1.94. The molecular formula is C24H36N4O4. The predicted molar refractivity (Wildman–Crippen MR) is 124 cm³/mol. The number of aliphatic imine (C=N–C) groups is 1. The maximum Gasteiger partial charge on any atom is 0.334 e. The zero-order chi connectivity index (χ0) is 22.5. The zero-order valence-electron chi connectivity index (χ0n) is 19.0. The average Bonchev–Trinajstić information content (AvgIpc) is 3.21. The van der Waals surface area contributed by atoms with Crippen molar-refractivity contribution in [3.8, 4) is 5.88 Å². The molecule has 0 radical (unpaired) electrons. The van der Waals surface area contributed by atoms with Crippen LogP contribution in [0.3, 0.4) is 0 Å². The molecule has 2 heterocycles. The van der Waals surface area contributed by atoms with Crippen molar-refractivity contribution in [3.05, 3.63) is 26.4 Å². The molecule has 8 heteroatoms. The summed E-state index contributed by atoms with van der Waals surface area (Å²) < 4.78 is 2.87. The lowest BCUT2D eigenvalue weighted by atomic mass is 9.94. The molecule has 1 amide bonds. The van der Waals surface area contributed by atoms with Crippen molar-refractivity contribution < 1.29 is 9.90 Å². The summed E-state index contributed by atoms with van der Waals surface area (Å²) in [6, 6.07) is -0.174. The molecule has 1 aliphatic heterocycles. The Balaban J connectivity index is 1.60. The van der Waals surface area contributed by atoms with E-state index in [0.717, 1.165) is 77.2 Å². The third kappa shape index (κ3) is 4.84. The largest absolute Gasteiger partial charge is 0.494 e. The van der Waals surface area contributed by atoms with Crippen molar-refractivity contribution in [2.24, 2.45) is 4.99 Å². The van der Waals surface area contributed by atoms with E-state index in [1.807, 2.05) is 4.90 Å². The topological polar surface area (TPSA) is 96.9 Å². The minimum Gasteiger partial charge on any atom is -0.494 e. The molecule has 1 aromatic heterocycles. The normalized spacial score (nSPS) is 21.1. The Kier molecular flexibility index (Phi) is 7.48. The first kappa shape index (κ1) is 22.8. The van der Waals surface area contributed by atoms with Crippen LogP contribution in [-0.2, 0) is 4.79 Å². The number of amides is 1. The highest BCUT2D eigenvalue weighted by Gasteiger charge is 2.28. The highest BCUT2D eigenvalue weighted by atomic mass is 16.3. The molecule has 4 rings (SSSR count). The van der Waals surface area contributed by atoms with Crippen LogP contribution in [0.15, 0.2) is 14.6 Å². The Bertz CT molecular complexity index is 952. The Morgan fingerprint density at radius 1 is 0.875 bits per heavy atom. The summed E-state index contributed by atoms with van der Waals surface area (Å²) in [5, 5.41) is 11.0. The summed E-state index contributed by atoms with van der Waals surface area (Å²) >= 11 is 0. The molecule has 0 atom stereocenters. The van der Waals surface area contributed by atoms with Crippen LogP contribution in [0, 0.1) is 0 Å². The average molecular weight is 445 g/mol. The summed E-state index contributed by atoms with van der Waals surface area (Å²) in [7, 11) is 0. The van der Waals surface area contributed by atoms with Gasteiger partial charge in [-0.25, -0.2) is 4.79 Å². The molecule has 8 nitrogen and oxygen atoms in total. The number of carbonyl (C=O) groups is 1. The molecule has 3 aliphatic rings. The number of likely N-dealkylation sites (tertiary alicyclic amines) is 1. The first-order chi connectivity index (χ1) is 15.6. The van der Waals surface area contributed by atoms with Gasteiger partial charge in [0.15, 0.2) is 0 Å². The van der Waals surface area contributed by atoms with E-state index in [4.69, 9.17) is 0 Å². The van der Waals surface area contributed by atoms with Crippen molar-refractivity contribution >= 4 is 12.1 Å². The van der Waals surface area contributed by atoms with Gasteiger partial charge in [-0.2, -0.15) is 0 Å². The third-order valence-electron chi connectivity index (χ3n) is 7.32. The van der Waals surface area contributed by atoms with E-state index >= 15 is 0 Å². The lowest BCUT2D eigenvalue weighted by molar-refractivity contribution is -0.127. The number of nitrogens with zero attached hydrogens (tertiary/aromatic N) is 4. The number of carbonyl (C=O) groups excluding carboxylic acids is 1. The Morgan fingerprint density at radius 3 is 2.09 bits per heavy atom. The lowest BCUT2D eigenvalue weighted by Crippen LogP contribution is -2.45. The van der Waals surface area contributed by atoms with Gasteiger partial charge in [0.1, 0.15) is 5.56 Å². The summed E-state index contributed by atoms with van der Waals surface area (Å²) in [5.74, 6) is -0.0426. The fourth-order valence-corrected chi connectivity index (χ4v) is 5.54. The highest BCUT2D eigenvalue weighted by Crippen LogP contribution is 2.31. The number of hydrogen-bond donors (Lipinski definition) is 1. The van der Waals surface area contributed by atoms with E-state index in [2.05, 4.69) is 4.99 Å². The zero-order valence-corrected chi connectivity index (χ0v) is 19.0. The van der Waals surface area contributed by atoms with Gasteiger partial charge >= 0.3 is 5.69 Å². The van der Waals surface area contributed by atoms with Gasteiger partial charge in [-0.05, 0) is 38.5 Å². The van der Waals surface area contributed by atoms with Gasteiger partial charge in [-0.1, -0.05) is 38.5 Å². The maximum absolute atomic E-state index is 13.4. The third-order valence-corrected chi connectivity index (χ3v) is 7.32. The SMILES string of the molecule is O=C1CCCN1CCCN=Cc1c(O)n(C2CCCCC2)c(=O)n(C2CCCCC2)c1=O. The highest BCUT2D eigenvalue weighted by molar-refractivity contribution is 5.82. The van der Waals surface area contributed by atoms with E-state index in [9.17, 15) is 19.5 Å². The standard InChI is InChI=1S/C24H36N4O4/c29-21-13-7-15-26(21)16-8-14-25-17-20-22(30)27(18-9-3-1-4-10-18)24(32)28(23(20)31)19-11-5-2-6-12-19/h17-19,30H,1-16H2. The van der Waals surface area contributed by atoms with E-state index in [1.165, 1.54) is 15.3 Å². The smallest absolute Gasteiger partial charge is 0.334 e. The Labute approximate surface area is 189 Å². The van der Waals surface area contributed by atoms with Crippen molar-refractivity contribution in [2.75, 3.05) is 19.6 Å². The summed E-state index contributed by atoms with van der Waals surface area (Å²) in [4.78, 5) is 44.7. The van der Waals surface area contributed by atoms with Crippen molar-refractivity contribution in [1.29, 1.82) is 0 Å². The molecule has 176 valence electrons. The maximum atomic E-state index is 13.4. The molecule has 0 unspecified atom stereocenters. The molecule has 1 saturated heterocycles. The molecule has 0 spiro atoms. The lowest BCUT2D eigenvalue weighted by Gasteiger charge is -2.29. The number of aromatic hydroxyl groups is 1. The van der Waals surface area contributed by atoms with Crippen LogP contribution in [0.1, 0.15) is 101 Å². The van der Waals surface area contributed by atoms with E-state index < -0.39 is 5.56 Å². The molecule has 32 heavy (non-hydrogen) atoms. The first-order valence-electron chi connectivity index (χ1n) is 12.5. The van der Waals surface area contributed by atoms with E-state index in [0.29, 0.717) is 25.9 Å². The minimum atomic E-state index is -0.426.